The van der Waals surface area contributed by atoms with Crippen molar-refractivity contribution in [2.45, 2.75) is 0 Å². The monoisotopic (exact) mass is 297 g/mol. The van der Waals surface area contributed by atoms with E-state index in [1.807, 2.05) is 6.07 Å². The zero-order chi connectivity index (χ0) is 14.8. The summed E-state index contributed by atoms with van der Waals surface area (Å²) in [7, 11) is 0. The molecule has 0 bridgehead atoms. The maximum absolute atomic E-state index is 12.6. The van der Waals surface area contributed by atoms with E-state index in [-0.39, 0.29) is 10.6 Å². The van der Waals surface area contributed by atoms with Crippen molar-refractivity contribution in [3.63, 3.8) is 0 Å². The minimum absolute atomic E-state index is 0.143. The molecule has 0 radical (unpaired) electrons. The second-order valence-electron chi connectivity index (χ2n) is 4.39. The van der Waals surface area contributed by atoms with Gasteiger partial charge >= 0.3 is 4.87 Å². The molecule has 5 heteroatoms. The molecule has 1 aromatic heterocycles. The molecule has 104 valence electrons. The van der Waals surface area contributed by atoms with Gasteiger partial charge in [0, 0.05) is 0 Å². The van der Waals surface area contributed by atoms with Crippen LogP contribution in [0.15, 0.2) is 70.3 Å². The van der Waals surface area contributed by atoms with Gasteiger partial charge in [0.15, 0.2) is 5.06 Å². The molecule has 4 nitrogen and oxygen atoms in total. The summed E-state index contributed by atoms with van der Waals surface area (Å²) >= 11 is 0.652. The van der Waals surface area contributed by atoms with Crippen LogP contribution in [0, 0.1) is 0 Å². The lowest BCUT2D eigenvalue weighted by molar-refractivity contribution is 0.490. The van der Waals surface area contributed by atoms with Crippen molar-refractivity contribution < 1.29 is 5.11 Å². The van der Waals surface area contributed by atoms with Gasteiger partial charge in [0.05, 0.1) is 5.69 Å². The molecule has 0 atom stereocenters. The molecule has 2 aromatic carbocycles. The maximum Gasteiger partial charge on any atom is 0.317 e. The van der Waals surface area contributed by atoms with E-state index in [2.05, 4.69) is 0 Å². The van der Waals surface area contributed by atoms with Gasteiger partial charge in [-0.15, -0.1) is 0 Å². The second kappa shape index (κ2) is 5.38. The number of nitrogens with zero attached hydrogens (tertiary/aromatic N) is 1. The minimum Gasteiger partial charge on any atom is -0.499 e. The largest absolute Gasteiger partial charge is 0.499 e. The summed E-state index contributed by atoms with van der Waals surface area (Å²) in [6.45, 7) is 0. The summed E-state index contributed by atoms with van der Waals surface area (Å²) in [6.07, 6.45) is 0. The fraction of sp³-hybridized carbons (Fsp3) is 0. The van der Waals surface area contributed by atoms with Gasteiger partial charge in [0.25, 0.3) is 5.56 Å². The third-order valence-electron chi connectivity index (χ3n) is 3.07. The van der Waals surface area contributed by atoms with Crippen LogP contribution in [0.25, 0.3) is 16.8 Å². The van der Waals surface area contributed by atoms with Crippen molar-refractivity contribution in [1.29, 1.82) is 0 Å². The van der Waals surface area contributed by atoms with E-state index in [0.717, 1.165) is 4.57 Å². The molecule has 0 saturated carbocycles. The predicted octanol–water partition coefficient (Wildman–Crippen LogP) is 2.63. The Kier molecular flexibility index (Phi) is 3.41. The SMILES string of the molecule is O=c1sc(O)c(-c2ccccc2)c(=O)n1-c1ccccc1. The molecule has 0 aliphatic carbocycles. The van der Waals surface area contributed by atoms with E-state index in [1.165, 1.54) is 0 Å². The number of aromatic nitrogens is 1. The molecule has 0 saturated heterocycles. The average molecular weight is 297 g/mol. The van der Waals surface area contributed by atoms with Gasteiger partial charge in [-0.3, -0.25) is 9.59 Å². The van der Waals surface area contributed by atoms with Crippen LogP contribution in [0.3, 0.4) is 0 Å². The van der Waals surface area contributed by atoms with Crippen LogP contribution < -0.4 is 10.4 Å². The van der Waals surface area contributed by atoms with Crippen LogP contribution in [0.1, 0.15) is 0 Å². The molecule has 1 N–H and O–H groups in total. The Balaban J connectivity index is 2.35. The Morgan fingerprint density at radius 3 is 2.05 bits per heavy atom. The molecule has 0 spiro atoms. The van der Waals surface area contributed by atoms with Crippen LogP contribution in [0.4, 0.5) is 0 Å². The van der Waals surface area contributed by atoms with Gasteiger partial charge in [0.1, 0.15) is 5.56 Å². The van der Waals surface area contributed by atoms with Gasteiger partial charge in [-0.25, -0.2) is 4.57 Å². The third-order valence-corrected chi connectivity index (χ3v) is 3.83. The highest BCUT2D eigenvalue weighted by molar-refractivity contribution is 7.11. The van der Waals surface area contributed by atoms with Gasteiger partial charge in [-0.1, -0.05) is 48.5 Å². The molecule has 0 amide bonds. The Labute approximate surface area is 124 Å². The highest BCUT2D eigenvalue weighted by Gasteiger charge is 2.16. The molecule has 3 aromatic rings. The first kappa shape index (κ1) is 13.3. The lowest BCUT2D eigenvalue weighted by Crippen LogP contribution is -2.30. The lowest BCUT2D eigenvalue weighted by Gasteiger charge is -2.08. The van der Waals surface area contributed by atoms with Gasteiger partial charge < -0.3 is 5.11 Å². The molecule has 21 heavy (non-hydrogen) atoms. The van der Waals surface area contributed by atoms with E-state index in [1.54, 1.807) is 54.6 Å². The topological polar surface area (TPSA) is 59.3 Å². The Morgan fingerprint density at radius 1 is 0.857 bits per heavy atom. The zero-order valence-corrected chi connectivity index (χ0v) is 11.7. The summed E-state index contributed by atoms with van der Waals surface area (Å²) < 4.78 is 1.08. The van der Waals surface area contributed by atoms with Crippen LogP contribution in [0.5, 0.6) is 5.06 Å². The fourth-order valence-electron chi connectivity index (χ4n) is 2.12. The quantitative estimate of drug-likeness (QED) is 0.791. The van der Waals surface area contributed by atoms with E-state index in [9.17, 15) is 14.7 Å². The normalized spacial score (nSPS) is 10.5. The molecule has 0 unspecified atom stereocenters. The highest BCUT2D eigenvalue weighted by Crippen LogP contribution is 2.27. The predicted molar refractivity (Wildman–Crippen MR) is 83.3 cm³/mol. The summed E-state index contributed by atoms with van der Waals surface area (Å²) in [5.74, 6) is 0. The number of rotatable bonds is 2. The Morgan fingerprint density at radius 2 is 1.43 bits per heavy atom. The summed E-state index contributed by atoms with van der Waals surface area (Å²) in [5.41, 5.74) is 0.694. The maximum atomic E-state index is 12.6. The minimum atomic E-state index is -0.520. The summed E-state index contributed by atoms with van der Waals surface area (Å²) in [5, 5.41) is 9.74. The summed E-state index contributed by atoms with van der Waals surface area (Å²) in [6, 6.07) is 17.5. The van der Waals surface area contributed by atoms with Crippen LogP contribution in [0.2, 0.25) is 0 Å². The number of para-hydroxylation sites is 1. The Bertz CT molecular complexity index is 883. The fourth-order valence-corrected chi connectivity index (χ4v) is 2.87. The van der Waals surface area contributed by atoms with E-state index < -0.39 is 10.4 Å². The smallest absolute Gasteiger partial charge is 0.317 e. The van der Waals surface area contributed by atoms with E-state index in [0.29, 0.717) is 22.6 Å². The van der Waals surface area contributed by atoms with Crippen LogP contribution in [-0.2, 0) is 0 Å². The molecular formula is C16H11NO3S. The second-order valence-corrected chi connectivity index (χ2v) is 5.33. The third kappa shape index (κ3) is 2.39. The van der Waals surface area contributed by atoms with Crippen LogP contribution >= 0.6 is 11.3 Å². The van der Waals surface area contributed by atoms with Crippen molar-refractivity contribution in [2.24, 2.45) is 0 Å². The highest BCUT2D eigenvalue weighted by atomic mass is 32.1. The Hall–Kier alpha value is -2.66. The molecule has 0 aliphatic rings. The van der Waals surface area contributed by atoms with Crippen molar-refractivity contribution in [3.8, 4) is 21.9 Å². The first-order valence-electron chi connectivity index (χ1n) is 6.28. The van der Waals surface area contributed by atoms with Crippen LogP contribution in [-0.4, -0.2) is 9.67 Å². The number of aromatic hydroxyl groups is 1. The first-order chi connectivity index (χ1) is 10.2. The molecule has 3 rings (SSSR count). The van der Waals surface area contributed by atoms with E-state index in [4.69, 9.17) is 0 Å². The zero-order valence-electron chi connectivity index (χ0n) is 10.9. The van der Waals surface area contributed by atoms with Crippen molar-refractivity contribution >= 4 is 11.3 Å². The molecule has 1 heterocycles. The standard InChI is InChI=1S/C16H11NO3S/c18-14-13(11-7-3-1-4-8-11)15(19)21-16(20)17(14)12-9-5-2-6-10-12/h1-10,19H. The molecular weight excluding hydrogens is 286 g/mol. The summed E-state index contributed by atoms with van der Waals surface area (Å²) in [4.78, 5) is 24.2. The van der Waals surface area contributed by atoms with Crippen molar-refractivity contribution in [3.05, 3.63) is 80.7 Å². The molecule has 0 aliphatic heterocycles. The van der Waals surface area contributed by atoms with Gasteiger partial charge in [-0.05, 0) is 29.0 Å². The number of benzene rings is 2. The lowest BCUT2D eigenvalue weighted by atomic mass is 10.1. The molecule has 0 fully saturated rings. The average Bonchev–Trinajstić information content (AvgIpc) is 2.49. The number of hydrogen-bond acceptors (Lipinski definition) is 4. The van der Waals surface area contributed by atoms with Gasteiger partial charge in [-0.2, -0.15) is 0 Å². The van der Waals surface area contributed by atoms with E-state index >= 15 is 0 Å². The number of hydrogen-bond donors (Lipinski definition) is 1. The van der Waals surface area contributed by atoms with Gasteiger partial charge in [0.2, 0.25) is 0 Å². The van der Waals surface area contributed by atoms with Crippen molar-refractivity contribution in [2.75, 3.05) is 0 Å². The van der Waals surface area contributed by atoms with Crippen molar-refractivity contribution in [1.82, 2.24) is 4.57 Å². The first-order valence-corrected chi connectivity index (χ1v) is 7.10.